The molecule has 1 aliphatic carbocycles. The van der Waals surface area contributed by atoms with Gasteiger partial charge >= 0.3 is 0 Å². The Morgan fingerprint density at radius 2 is 2.45 bits per heavy atom. The fourth-order valence-electron chi connectivity index (χ4n) is 2.08. The first-order valence-corrected chi connectivity index (χ1v) is 4.15. The highest BCUT2D eigenvalue weighted by Gasteiger charge is 2.59. The van der Waals surface area contributed by atoms with Gasteiger partial charge in [-0.05, 0) is 18.6 Å². The normalized spacial score (nSPS) is 31.8. The van der Waals surface area contributed by atoms with Crippen molar-refractivity contribution in [2.45, 2.75) is 12.3 Å². The van der Waals surface area contributed by atoms with Gasteiger partial charge in [-0.25, -0.2) is 0 Å². The van der Waals surface area contributed by atoms with Crippen LogP contribution in [0.15, 0.2) is 22.8 Å². The molecule has 1 saturated heterocycles. The molecule has 0 bridgehead atoms. The maximum Gasteiger partial charge on any atom is 0.107 e. The van der Waals surface area contributed by atoms with E-state index in [0.29, 0.717) is 5.41 Å². The molecule has 2 nitrogen and oxygen atoms in total. The predicted molar refractivity (Wildman–Crippen MR) is 41.4 cm³/mol. The Morgan fingerprint density at radius 3 is 2.91 bits per heavy atom. The highest BCUT2D eigenvalue weighted by atomic mass is 16.3. The molecule has 1 saturated carbocycles. The van der Waals surface area contributed by atoms with Crippen molar-refractivity contribution in [2.75, 3.05) is 13.1 Å². The zero-order chi connectivity index (χ0) is 7.31. The van der Waals surface area contributed by atoms with Gasteiger partial charge in [-0.2, -0.15) is 0 Å². The number of furan rings is 1. The van der Waals surface area contributed by atoms with Crippen molar-refractivity contribution in [2.24, 2.45) is 5.41 Å². The molecule has 1 aliphatic heterocycles. The molecule has 1 aromatic heterocycles. The van der Waals surface area contributed by atoms with Gasteiger partial charge in [0.25, 0.3) is 0 Å². The Balaban J connectivity index is 1.84. The summed E-state index contributed by atoms with van der Waals surface area (Å²) in [6.07, 6.45) is 3.10. The van der Waals surface area contributed by atoms with Gasteiger partial charge in [0.1, 0.15) is 5.76 Å². The van der Waals surface area contributed by atoms with Crippen molar-refractivity contribution in [3.63, 3.8) is 0 Å². The van der Waals surface area contributed by atoms with Crippen molar-refractivity contribution >= 4 is 0 Å². The van der Waals surface area contributed by atoms with Gasteiger partial charge in [-0.15, -0.1) is 0 Å². The van der Waals surface area contributed by atoms with Gasteiger partial charge in [0, 0.05) is 24.4 Å². The first-order valence-electron chi connectivity index (χ1n) is 4.15. The SMILES string of the molecule is c1coc(C2CC23CNC3)c1. The van der Waals surface area contributed by atoms with Crippen molar-refractivity contribution in [3.05, 3.63) is 24.2 Å². The minimum atomic E-state index is 0.609. The van der Waals surface area contributed by atoms with Crippen LogP contribution in [-0.2, 0) is 0 Å². The molecule has 1 N–H and O–H groups in total. The summed E-state index contributed by atoms with van der Waals surface area (Å²) < 4.78 is 5.36. The molecule has 1 aromatic rings. The van der Waals surface area contributed by atoms with Gasteiger partial charge in [-0.1, -0.05) is 0 Å². The summed E-state index contributed by atoms with van der Waals surface area (Å²) in [7, 11) is 0. The van der Waals surface area contributed by atoms with Crippen LogP contribution in [0.4, 0.5) is 0 Å². The Hall–Kier alpha value is -0.760. The standard InChI is InChI=1S/C9H11NO/c1-2-8(11-3-1)7-4-9(7)5-10-6-9/h1-3,7,10H,4-6H2. The van der Waals surface area contributed by atoms with Crippen LogP contribution in [0.25, 0.3) is 0 Å². The molecule has 1 atom stereocenters. The van der Waals surface area contributed by atoms with E-state index in [1.54, 1.807) is 6.26 Å². The third kappa shape index (κ3) is 0.653. The molecule has 2 fully saturated rings. The maximum absolute atomic E-state index is 5.36. The molecular formula is C9H11NO. The molecule has 2 aliphatic rings. The average molecular weight is 149 g/mol. The topological polar surface area (TPSA) is 25.2 Å². The summed E-state index contributed by atoms with van der Waals surface area (Å²) >= 11 is 0. The van der Waals surface area contributed by atoms with Crippen molar-refractivity contribution in [1.29, 1.82) is 0 Å². The van der Waals surface area contributed by atoms with E-state index in [0.717, 1.165) is 5.92 Å². The van der Waals surface area contributed by atoms with Crippen LogP contribution in [0.1, 0.15) is 18.1 Å². The lowest BCUT2D eigenvalue weighted by Gasteiger charge is -2.27. The minimum Gasteiger partial charge on any atom is -0.469 e. The second-order valence-corrected chi connectivity index (χ2v) is 3.74. The smallest absolute Gasteiger partial charge is 0.107 e. The van der Waals surface area contributed by atoms with E-state index >= 15 is 0 Å². The van der Waals surface area contributed by atoms with Crippen LogP contribution in [0.2, 0.25) is 0 Å². The number of rotatable bonds is 1. The van der Waals surface area contributed by atoms with Crippen molar-refractivity contribution in [1.82, 2.24) is 5.32 Å². The second-order valence-electron chi connectivity index (χ2n) is 3.74. The Kier molecular flexibility index (Phi) is 0.899. The summed E-state index contributed by atoms with van der Waals surface area (Å²) in [5.41, 5.74) is 0.609. The minimum absolute atomic E-state index is 0.609. The van der Waals surface area contributed by atoms with E-state index in [2.05, 4.69) is 11.4 Å². The molecule has 58 valence electrons. The maximum atomic E-state index is 5.36. The zero-order valence-electron chi connectivity index (χ0n) is 6.34. The summed E-state index contributed by atoms with van der Waals surface area (Å²) in [4.78, 5) is 0. The Bertz CT molecular complexity index is 261. The van der Waals surface area contributed by atoms with E-state index in [-0.39, 0.29) is 0 Å². The van der Waals surface area contributed by atoms with Crippen LogP contribution in [0.5, 0.6) is 0 Å². The molecule has 11 heavy (non-hydrogen) atoms. The number of hydrogen-bond donors (Lipinski definition) is 1. The van der Waals surface area contributed by atoms with Gasteiger partial charge in [0.05, 0.1) is 6.26 Å². The summed E-state index contributed by atoms with van der Waals surface area (Å²) in [6.45, 7) is 2.39. The van der Waals surface area contributed by atoms with Gasteiger partial charge in [-0.3, -0.25) is 0 Å². The summed E-state index contributed by atoms with van der Waals surface area (Å²) in [5.74, 6) is 1.91. The molecule has 2 heterocycles. The van der Waals surface area contributed by atoms with E-state index in [1.807, 2.05) is 6.07 Å². The zero-order valence-corrected chi connectivity index (χ0v) is 6.34. The first-order chi connectivity index (χ1) is 5.41. The third-order valence-electron chi connectivity index (χ3n) is 3.03. The quantitative estimate of drug-likeness (QED) is 0.652. The number of nitrogens with one attached hydrogen (secondary N) is 1. The van der Waals surface area contributed by atoms with E-state index in [1.165, 1.54) is 25.3 Å². The van der Waals surface area contributed by atoms with Crippen LogP contribution in [0, 0.1) is 5.41 Å². The molecule has 3 rings (SSSR count). The van der Waals surface area contributed by atoms with Crippen LogP contribution < -0.4 is 5.32 Å². The molecular weight excluding hydrogens is 138 g/mol. The van der Waals surface area contributed by atoms with Crippen LogP contribution in [0.3, 0.4) is 0 Å². The van der Waals surface area contributed by atoms with Gasteiger partial charge < -0.3 is 9.73 Å². The largest absolute Gasteiger partial charge is 0.469 e. The monoisotopic (exact) mass is 149 g/mol. The summed E-state index contributed by atoms with van der Waals surface area (Å²) in [5, 5.41) is 3.31. The Morgan fingerprint density at radius 1 is 1.55 bits per heavy atom. The molecule has 1 unspecified atom stereocenters. The van der Waals surface area contributed by atoms with Gasteiger partial charge in [0.15, 0.2) is 0 Å². The summed E-state index contributed by atoms with van der Waals surface area (Å²) in [6, 6.07) is 4.07. The third-order valence-corrected chi connectivity index (χ3v) is 3.03. The highest BCUT2D eigenvalue weighted by Crippen LogP contribution is 2.61. The molecule has 2 heteroatoms. The van der Waals surface area contributed by atoms with Crippen molar-refractivity contribution < 1.29 is 4.42 Å². The lowest BCUT2D eigenvalue weighted by Crippen LogP contribution is -2.44. The molecule has 0 radical (unpaired) electrons. The predicted octanol–water partition coefficient (Wildman–Crippen LogP) is 1.36. The average Bonchev–Trinajstić information content (AvgIpc) is 2.50. The lowest BCUT2D eigenvalue weighted by atomic mass is 9.96. The fourth-order valence-corrected chi connectivity index (χ4v) is 2.08. The highest BCUT2D eigenvalue weighted by molar-refractivity contribution is 5.25. The lowest BCUT2D eigenvalue weighted by molar-refractivity contribution is 0.302. The van der Waals surface area contributed by atoms with E-state index in [4.69, 9.17) is 4.42 Å². The van der Waals surface area contributed by atoms with E-state index in [9.17, 15) is 0 Å². The van der Waals surface area contributed by atoms with Crippen LogP contribution >= 0.6 is 0 Å². The van der Waals surface area contributed by atoms with Crippen LogP contribution in [-0.4, -0.2) is 13.1 Å². The molecule has 0 amide bonds. The number of hydrogen-bond acceptors (Lipinski definition) is 2. The van der Waals surface area contributed by atoms with Crippen molar-refractivity contribution in [3.8, 4) is 0 Å². The molecule has 1 spiro atoms. The fraction of sp³-hybridized carbons (Fsp3) is 0.556. The Labute approximate surface area is 65.6 Å². The van der Waals surface area contributed by atoms with Gasteiger partial charge in [0.2, 0.25) is 0 Å². The second kappa shape index (κ2) is 1.69. The first kappa shape index (κ1) is 5.84. The molecule has 0 aromatic carbocycles. The van der Waals surface area contributed by atoms with E-state index < -0.39 is 0 Å².